The summed E-state index contributed by atoms with van der Waals surface area (Å²) in [7, 11) is 0. The lowest BCUT2D eigenvalue weighted by Crippen LogP contribution is -1.99. The molecule has 0 N–H and O–H groups in total. The smallest absolute Gasteiger partial charge is 0.164 e. The Morgan fingerprint density at radius 1 is 0.321 bits per heavy atom. The highest BCUT2D eigenvalue weighted by atomic mass is 32.1. The van der Waals surface area contributed by atoms with Gasteiger partial charge in [-0.05, 0) is 35.4 Å². The zero-order valence-electron chi connectivity index (χ0n) is 29.8. The highest BCUT2D eigenvalue weighted by Gasteiger charge is 2.19. The molecule has 7 aromatic carbocycles. The maximum absolute atomic E-state index is 5.25. The lowest BCUT2D eigenvalue weighted by Gasteiger charge is -2.10. The molecule has 4 aromatic heterocycles. The van der Waals surface area contributed by atoms with Gasteiger partial charge in [0.15, 0.2) is 23.3 Å². The normalized spacial score (nSPS) is 11.6. The van der Waals surface area contributed by atoms with Gasteiger partial charge in [0.25, 0.3) is 0 Å². The minimum absolute atomic E-state index is 0.650. The lowest BCUT2D eigenvalue weighted by molar-refractivity contribution is 1.07. The largest absolute Gasteiger partial charge is 0.226 e. The molecule has 0 aliphatic rings. The molecular formula is C49H29N5S2. The van der Waals surface area contributed by atoms with E-state index in [2.05, 4.69) is 97.1 Å². The summed E-state index contributed by atoms with van der Waals surface area (Å²) in [6.45, 7) is 0. The summed E-state index contributed by atoms with van der Waals surface area (Å²) in [6, 6.07) is 61.0. The topological polar surface area (TPSA) is 64.5 Å². The van der Waals surface area contributed by atoms with E-state index in [0.29, 0.717) is 17.5 Å². The van der Waals surface area contributed by atoms with Gasteiger partial charge in [0.05, 0.1) is 15.9 Å². The van der Waals surface area contributed by atoms with E-state index in [-0.39, 0.29) is 0 Å². The Morgan fingerprint density at radius 2 is 0.875 bits per heavy atom. The molecule has 0 unspecified atom stereocenters. The number of hydrogen-bond donors (Lipinski definition) is 0. The first-order chi connectivity index (χ1) is 27.7. The summed E-state index contributed by atoms with van der Waals surface area (Å²) in [6.07, 6.45) is 0. The molecular weight excluding hydrogens is 723 g/mol. The number of benzene rings is 7. The molecule has 11 rings (SSSR count). The van der Waals surface area contributed by atoms with Crippen LogP contribution in [-0.4, -0.2) is 24.9 Å². The van der Waals surface area contributed by atoms with Gasteiger partial charge < -0.3 is 0 Å². The van der Waals surface area contributed by atoms with E-state index < -0.39 is 0 Å². The van der Waals surface area contributed by atoms with Gasteiger partial charge in [-0.3, -0.25) is 0 Å². The van der Waals surface area contributed by atoms with Crippen molar-refractivity contribution in [3.63, 3.8) is 0 Å². The number of rotatable bonds is 6. The van der Waals surface area contributed by atoms with Gasteiger partial charge in [-0.1, -0.05) is 152 Å². The highest BCUT2D eigenvalue weighted by molar-refractivity contribution is 7.26. The van der Waals surface area contributed by atoms with E-state index in [1.807, 2.05) is 78.9 Å². The van der Waals surface area contributed by atoms with Crippen LogP contribution in [0.15, 0.2) is 176 Å². The average Bonchev–Trinajstić information content (AvgIpc) is 3.85. The van der Waals surface area contributed by atoms with Crippen LogP contribution in [0.3, 0.4) is 0 Å². The molecule has 262 valence electrons. The summed E-state index contributed by atoms with van der Waals surface area (Å²) < 4.78 is 4.71. The SMILES string of the molecule is c1ccc(-c2nc(-c3ccccc3)nc(-c3ccc4c(c3)sc3cccc(-c5cccc(-c6nc(-c7ccccc7)nc7c6sc6ccccc67)c5)c34)n2)cc1. The van der Waals surface area contributed by atoms with Gasteiger partial charge in [0.1, 0.15) is 0 Å². The van der Waals surface area contributed by atoms with Gasteiger partial charge in [0.2, 0.25) is 0 Å². The maximum Gasteiger partial charge on any atom is 0.164 e. The van der Waals surface area contributed by atoms with Gasteiger partial charge in [0, 0.05) is 58.1 Å². The van der Waals surface area contributed by atoms with Crippen LogP contribution in [0.4, 0.5) is 0 Å². The molecule has 56 heavy (non-hydrogen) atoms. The minimum atomic E-state index is 0.650. The predicted molar refractivity (Wildman–Crippen MR) is 234 cm³/mol. The van der Waals surface area contributed by atoms with Crippen LogP contribution in [0.1, 0.15) is 0 Å². The van der Waals surface area contributed by atoms with Crippen molar-refractivity contribution >= 4 is 63.1 Å². The summed E-state index contributed by atoms with van der Waals surface area (Å²) in [4.78, 5) is 25.3. The molecule has 0 bridgehead atoms. The Hall–Kier alpha value is -6.93. The molecule has 0 fully saturated rings. The van der Waals surface area contributed by atoms with Crippen LogP contribution in [0.5, 0.6) is 0 Å². The number of fused-ring (bicyclic) bond motifs is 6. The van der Waals surface area contributed by atoms with Crippen LogP contribution < -0.4 is 0 Å². The Morgan fingerprint density at radius 3 is 1.57 bits per heavy atom. The summed E-state index contributed by atoms with van der Waals surface area (Å²) in [5, 5.41) is 3.60. The summed E-state index contributed by atoms with van der Waals surface area (Å²) in [5.41, 5.74) is 9.20. The fourth-order valence-corrected chi connectivity index (χ4v) is 9.81. The van der Waals surface area contributed by atoms with Crippen molar-refractivity contribution in [1.82, 2.24) is 24.9 Å². The van der Waals surface area contributed by atoms with Gasteiger partial charge in [-0.25, -0.2) is 24.9 Å². The Labute approximate surface area is 330 Å². The third-order valence-corrected chi connectivity index (χ3v) is 12.4. The van der Waals surface area contributed by atoms with Crippen LogP contribution in [0.25, 0.3) is 108 Å². The number of hydrogen-bond acceptors (Lipinski definition) is 7. The molecule has 0 aliphatic heterocycles. The van der Waals surface area contributed by atoms with Gasteiger partial charge in [-0.15, -0.1) is 22.7 Å². The first-order valence-corrected chi connectivity index (χ1v) is 20.0. The number of aromatic nitrogens is 5. The molecule has 11 aromatic rings. The molecule has 5 nitrogen and oxygen atoms in total. The van der Waals surface area contributed by atoms with Crippen molar-refractivity contribution in [2.24, 2.45) is 0 Å². The van der Waals surface area contributed by atoms with E-state index in [0.717, 1.165) is 60.5 Å². The lowest BCUT2D eigenvalue weighted by atomic mass is 9.96. The fraction of sp³-hybridized carbons (Fsp3) is 0. The van der Waals surface area contributed by atoms with E-state index >= 15 is 0 Å². The molecule has 7 heteroatoms. The minimum Gasteiger partial charge on any atom is -0.226 e. The summed E-state index contributed by atoms with van der Waals surface area (Å²) in [5.74, 6) is 2.69. The average molecular weight is 752 g/mol. The second-order valence-corrected chi connectivity index (χ2v) is 15.8. The third-order valence-electron chi connectivity index (χ3n) is 10.2. The maximum atomic E-state index is 5.25. The van der Waals surface area contributed by atoms with Crippen molar-refractivity contribution in [1.29, 1.82) is 0 Å². The first kappa shape index (κ1) is 32.5. The van der Waals surface area contributed by atoms with Gasteiger partial charge in [-0.2, -0.15) is 0 Å². The first-order valence-electron chi connectivity index (χ1n) is 18.4. The van der Waals surface area contributed by atoms with Crippen LogP contribution in [-0.2, 0) is 0 Å². The zero-order valence-corrected chi connectivity index (χ0v) is 31.4. The van der Waals surface area contributed by atoms with Gasteiger partial charge >= 0.3 is 0 Å². The van der Waals surface area contributed by atoms with Crippen molar-refractivity contribution in [3.05, 3.63) is 176 Å². The quantitative estimate of drug-likeness (QED) is 0.169. The third kappa shape index (κ3) is 5.64. The predicted octanol–water partition coefficient (Wildman–Crippen LogP) is 13.4. The van der Waals surface area contributed by atoms with E-state index in [1.165, 1.54) is 30.4 Å². The number of thiophene rings is 2. The molecule has 4 heterocycles. The van der Waals surface area contributed by atoms with Crippen molar-refractivity contribution in [2.45, 2.75) is 0 Å². The molecule has 0 aliphatic carbocycles. The molecule has 0 amide bonds. The van der Waals surface area contributed by atoms with Crippen LogP contribution >= 0.6 is 22.7 Å². The standard InChI is InChI=1S/C49H29N5S2/c1-4-14-30(15-5-1)46-50-43(45-44(51-46)38-22-10-11-24-39(38)56-45)34-21-12-20-33(28-34)36-23-13-25-40-42(36)37-27-26-35(29-41(37)55-40)49-53-47(31-16-6-2-7-17-31)52-48(54-49)32-18-8-3-9-19-32/h1-29H. The molecule has 0 saturated carbocycles. The monoisotopic (exact) mass is 751 g/mol. The van der Waals surface area contributed by atoms with Crippen molar-refractivity contribution in [2.75, 3.05) is 0 Å². The molecule has 0 radical (unpaired) electrons. The van der Waals surface area contributed by atoms with Crippen LogP contribution in [0.2, 0.25) is 0 Å². The molecule has 0 spiro atoms. The zero-order chi connectivity index (χ0) is 37.0. The highest BCUT2D eigenvalue weighted by Crippen LogP contribution is 2.44. The fourth-order valence-electron chi connectivity index (χ4n) is 7.48. The summed E-state index contributed by atoms with van der Waals surface area (Å²) >= 11 is 3.55. The molecule has 0 saturated heterocycles. The van der Waals surface area contributed by atoms with E-state index in [9.17, 15) is 0 Å². The van der Waals surface area contributed by atoms with E-state index in [1.54, 1.807) is 22.7 Å². The Balaban J connectivity index is 1.05. The van der Waals surface area contributed by atoms with Crippen molar-refractivity contribution < 1.29 is 0 Å². The Kier molecular flexibility index (Phi) is 7.79. The second-order valence-electron chi connectivity index (χ2n) is 13.6. The van der Waals surface area contributed by atoms with E-state index in [4.69, 9.17) is 24.9 Å². The van der Waals surface area contributed by atoms with Crippen LogP contribution in [0, 0.1) is 0 Å². The second kappa shape index (κ2) is 13.4. The number of nitrogens with zero attached hydrogens (tertiary/aromatic N) is 5. The molecule has 0 atom stereocenters. The Bertz CT molecular complexity index is 3190. The van der Waals surface area contributed by atoms with Crippen molar-refractivity contribution in [3.8, 4) is 67.9 Å².